The topological polar surface area (TPSA) is 4.93 Å². The summed E-state index contributed by atoms with van der Waals surface area (Å²) < 4.78 is 2.21. The Hall–Kier alpha value is -1.24. The maximum atomic E-state index is 2.21. The monoisotopic (exact) mass is 159 g/mol. The highest BCUT2D eigenvalue weighted by molar-refractivity contribution is 5.85. The third-order valence-corrected chi connectivity index (χ3v) is 2.37. The van der Waals surface area contributed by atoms with Crippen LogP contribution in [-0.2, 0) is 13.5 Å². The molecule has 0 bridgehead atoms. The summed E-state index contributed by atoms with van der Waals surface area (Å²) in [7, 11) is 2.11. The second-order valence-corrected chi connectivity index (χ2v) is 3.13. The van der Waals surface area contributed by atoms with E-state index in [0.29, 0.717) is 0 Å². The van der Waals surface area contributed by atoms with E-state index >= 15 is 0 Å². The third kappa shape index (κ3) is 0.934. The molecule has 0 saturated heterocycles. The van der Waals surface area contributed by atoms with Crippen molar-refractivity contribution in [3.63, 3.8) is 0 Å². The van der Waals surface area contributed by atoms with Gasteiger partial charge >= 0.3 is 0 Å². The first-order chi connectivity index (χ1) is 5.83. The Morgan fingerprint density at radius 2 is 2.00 bits per heavy atom. The van der Waals surface area contributed by atoms with Crippen LogP contribution in [0.15, 0.2) is 30.5 Å². The number of benzene rings is 1. The average molecular weight is 159 g/mol. The Morgan fingerprint density at radius 1 is 1.25 bits per heavy atom. The van der Waals surface area contributed by atoms with E-state index in [9.17, 15) is 0 Å². The van der Waals surface area contributed by atoms with Gasteiger partial charge in [0.05, 0.1) is 0 Å². The Kier molecular flexibility index (Phi) is 1.65. The highest BCUT2D eigenvalue weighted by atomic mass is 14.9. The maximum Gasteiger partial charge on any atom is 0.0247 e. The van der Waals surface area contributed by atoms with Gasteiger partial charge in [-0.1, -0.05) is 31.2 Å². The van der Waals surface area contributed by atoms with Gasteiger partial charge in [0, 0.05) is 24.3 Å². The van der Waals surface area contributed by atoms with Crippen LogP contribution >= 0.6 is 0 Å². The summed E-state index contributed by atoms with van der Waals surface area (Å²) >= 11 is 0. The fourth-order valence-corrected chi connectivity index (χ4v) is 1.79. The van der Waals surface area contributed by atoms with Crippen LogP contribution in [0.4, 0.5) is 0 Å². The molecule has 0 fully saturated rings. The minimum atomic E-state index is 1.10. The molecule has 0 atom stereocenters. The van der Waals surface area contributed by atoms with Crippen LogP contribution in [-0.4, -0.2) is 4.57 Å². The van der Waals surface area contributed by atoms with Gasteiger partial charge in [0.2, 0.25) is 0 Å². The maximum absolute atomic E-state index is 2.21. The molecule has 0 radical (unpaired) electrons. The van der Waals surface area contributed by atoms with Gasteiger partial charge in [-0.05, 0) is 11.8 Å². The van der Waals surface area contributed by atoms with E-state index in [1.807, 2.05) is 0 Å². The molecular weight excluding hydrogens is 146 g/mol. The molecule has 1 heterocycles. The molecule has 1 nitrogen and oxygen atoms in total. The lowest BCUT2D eigenvalue weighted by Crippen LogP contribution is -1.91. The molecule has 0 unspecified atom stereocenters. The highest BCUT2D eigenvalue weighted by Crippen LogP contribution is 2.20. The zero-order valence-corrected chi connectivity index (χ0v) is 7.54. The third-order valence-electron chi connectivity index (χ3n) is 2.37. The van der Waals surface area contributed by atoms with Crippen LogP contribution in [0.2, 0.25) is 0 Å². The van der Waals surface area contributed by atoms with Gasteiger partial charge in [-0.25, -0.2) is 0 Å². The summed E-state index contributed by atoms with van der Waals surface area (Å²) in [6.07, 6.45) is 3.29. The van der Waals surface area contributed by atoms with E-state index < -0.39 is 0 Å². The van der Waals surface area contributed by atoms with E-state index in [0.717, 1.165) is 6.42 Å². The van der Waals surface area contributed by atoms with Crippen LogP contribution in [0, 0.1) is 0 Å². The SMILES string of the molecule is CCc1c2ccccc2cn1C. The first kappa shape index (κ1) is 7.41. The minimum Gasteiger partial charge on any atom is -0.353 e. The highest BCUT2D eigenvalue weighted by Gasteiger charge is 2.02. The van der Waals surface area contributed by atoms with Crippen molar-refractivity contribution in [1.82, 2.24) is 4.57 Å². The molecule has 0 N–H and O–H groups in total. The van der Waals surface area contributed by atoms with Crippen molar-refractivity contribution in [3.8, 4) is 0 Å². The molecule has 1 aromatic carbocycles. The smallest absolute Gasteiger partial charge is 0.0247 e. The van der Waals surface area contributed by atoms with E-state index in [2.05, 4.69) is 49.0 Å². The van der Waals surface area contributed by atoms with Crippen molar-refractivity contribution in [3.05, 3.63) is 36.2 Å². The zero-order chi connectivity index (χ0) is 8.55. The normalized spacial score (nSPS) is 10.8. The first-order valence-corrected chi connectivity index (χ1v) is 4.36. The average Bonchev–Trinajstić information content (AvgIpc) is 2.40. The lowest BCUT2D eigenvalue weighted by molar-refractivity contribution is 0.845. The number of nitrogens with zero attached hydrogens (tertiary/aromatic N) is 1. The Bertz CT molecular complexity index is 398. The Balaban J connectivity index is 2.81. The Labute approximate surface area is 72.6 Å². The number of hydrogen-bond acceptors (Lipinski definition) is 0. The van der Waals surface area contributed by atoms with E-state index in [4.69, 9.17) is 0 Å². The van der Waals surface area contributed by atoms with Crippen molar-refractivity contribution < 1.29 is 0 Å². The van der Waals surface area contributed by atoms with Crippen LogP contribution in [0.5, 0.6) is 0 Å². The summed E-state index contributed by atoms with van der Waals surface area (Å²) in [5.74, 6) is 0. The summed E-state index contributed by atoms with van der Waals surface area (Å²) in [6.45, 7) is 2.20. The first-order valence-electron chi connectivity index (χ1n) is 4.36. The molecule has 62 valence electrons. The molecule has 0 saturated carbocycles. The van der Waals surface area contributed by atoms with Crippen molar-refractivity contribution in [2.75, 3.05) is 0 Å². The molecular formula is C11H13N. The van der Waals surface area contributed by atoms with Gasteiger partial charge in [0.15, 0.2) is 0 Å². The molecule has 1 heteroatoms. The molecule has 2 aromatic rings. The fourth-order valence-electron chi connectivity index (χ4n) is 1.79. The predicted molar refractivity (Wildman–Crippen MR) is 52.3 cm³/mol. The minimum absolute atomic E-state index is 1.10. The van der Waals surface area contributed by atoms with Gasteiger partial charge in [-0.3, -0.25) is 0 Å². The summed E-state index contributed by atoms with van der Waals surface area (Å²) in [6, 6.07) is 8.53. The van der Waals surface area contributed by atoms with E-state index in [-0.39, 0.29) is 0 Å². The van der Waals surface area contributed by atoms with Crippen molar-refractivity contribution in [1.29, 1.82) is 0 Å². The molecule has 12 heavy (non-hydrogen) atoms. The number of rotatable bonds is 1. The second-order valence-electron chi connectivity index (χ2n) is 3.13. The van der Waals surface area contributed by atoms with Gasteiger partial charge < -0.3 is 4.57 Å². The molecule has 0 aliphatic carbocycles. The van der Waals surface area contributed by atoms with Gasteiger partial charge in [0.25, 0.3) is 0 Å². The molecule has 2 rings (SSSR count). The van der Waals surface area contributed by atoms with Crippen molar-refractivity contribution in [2.45, 2.75) is 13.3 Å². The summed E-state index contributed by atoms with van der Waals surface area (Å²) in [5, 5.41) is 2.74. The quantitative estimate of drug-likeness (QED) is 0.603. The predicted octanol–water partition coefficient (Wildman–Crippen LogP) is 2.74. The zero-order valence-electron chi connectivity index (χ0n) is 7.54. The van der Waals surface area contributed by atoms with E-state index in [1.165, 1.54) is 16.5 Å². The van der Waals surface area contributed by atoms with Gasteiger partial charge in [-0.15, -0.1) is 0 Å². The molecule has 0 aliphatic rings. The lowest BCUT2D eigenvalue weighted by atomic mass is 10.1. The number of aromatic nitrogens is 1. The van der Waals surface area contributed by atoms with Crippen LogP contribution in [0.25, 0.3) is 10.8 Å². The van der Waals surface area contributed by atoms with Gasteiger partial charge in [-0.2, -0.15) is 0 Å². The second kappa shape index (κ2) is 2.67. The van der Waals surface area contributed by atoms with Crippen LogP contribution < -0.4 is 0 Å². The molecule has 0 amide bonds. The molecule has 0 aliphatic heterocycles. The molecule has 0 spiro atoms. The standard InChI is InChI=1S/C11H13N/c1-3-11-10-7-5-4-6-9(10)8-12(11)2/h4-8H,3H2,1-2H3. The fraction of sp³-hybridized carbons (Fsp3) is 0.273. The van der Waals surface area contributed by atoms with Crippen LogP contribution in [0.1, 0.15) is 12.6 Å². The number of aryl methyl sites for hydroxylation is 2. The van der Waals surface area contributed by atoms with Gasteiger partial charge in [0.1, 0.15) is 0 Å². The van der Waals surface area contributed by atoms with E-state index in [1.54, 1.807) is 0 Å². The van der Waals surface area contributed by atoms with Crippen molar-refractivity contribution in [2.24, 2.45) is 7.05 Å². The van der Waals surface area contributed by atoms with Crippen molar-refractivity contribution >= 4 is 10.8 Å². The van der Waals surface area contributed by atoms with Crippen LogP contribution in [0.3, 0.4) is 0 Å². The number of hydrogen-bond donors (Lipinski definition) is 0. The Morgan fingerprint density at radius 3 is 2.75 bits per heavy atom. The largest absolute Gasteiger partial charge is 0.353 e. The molecule has 1 aromatic heterocycles. The summed E-state index contributed by atoms with van der Waals surface area (Å²) in [4.78, 5) is 0. The number of fused-ring (bicyclic) bond motifs is 1. The lowest BCUT2D eigenvalue weighted by Gasteiger charge is -1.98. The summed E-state index contributed by atoms with van der Waals surface area (Å²) in [5.41, 5.74) is 1.42.